The summed E-state index contributed by atoms with van der Waals surface area (Å²) in [5.74, 6) is 1.91. The van der Waals surface area contributed by atoms with E-state index in [1.807, 2.05) is 6.07 Å². The van der Waals surface area contributed by atoms with Crippen molar-refractivity contribution in [2.45, 2.75) is 31.1 Å². The number of ether oxygens (including phenoxy) is 1. The lowest BCUT2D eigenvalue weighted by molar-refractivity contribution is -0.124. The predicted molar refractivity (Wildman–Crippen MR) is 79.1 cm³/mol. The zero-order valence-corrected chi connectivity index (χ0v) is 12.4. The van der Waals surface area contributed by atoms with Gasteiger partial charge in [0.15, 0.2) is 0 Å². The van der Waals surface area contributed by atoms with Crippen molar-refractivity contribution >= 4 is 5.78 Å². The molecule has 3 nitrogen and oxygen atoms in total. The Kier molecular flexibility index (Phi) is 3.55. The van der Waals surface area contributed by atoms with Crippen LogP contribution in [-0.2, 0) is 10.2 Å². The molecule has 0 amide bonds. The molecule has 1 aromatic rings. The Labute approximate surface area is 120 Å². The third kappa shape index (κ3) is 2.24. The van der Waals surface area contributed by atoms with Gasteiger partial charge in [-0.2, -0.15) is 0 Å². The summed E-state index contributed by atoms with van der Waals surface area (Å²) >= 11 is 0. The molecule has 3 rings (SSSR count). The van der Waals surface area contributed by atoms with Gasteiger partial charge < -0.3 is 9.64 Å². The first-order valence-corrected chi connectivity index (χ1v) is 7.49. The lowest BCUT2D eigenvalue weighted by Gasteiger charge is -2.50. The molecule has 1 heterocycles. The summed E-state index contributed by atoms with van der Waals surface area (Å²) < 4.78 is 5.37. The lowest BCUT2D eigenvalue weighted by Crippen LogP contribution is -2.52. The highest BCUT2D eigenvalue weighted by Crippen LogP contribution is 2.48. The summed E-state index contributed by atoms with van der Waals surface area (Å²) in [4.78, 5) is 14.5. The van der Waals surface area contributed by atoms with Crippen LogP contribution in [0.1, 0.15) is 31.2 Å². The number of likely N-dealkylation sites (tertiary alicyclic amines) is 1. The van der Waals surface area contributed by atoms with Crippen LogP contribution in [0.5, 0.6) is 5.75 Å². The fourth-order valence-corrected chi connectivity index (χ4v) is 4.03. The van der Waals surface area contributed by atoms with Crippen molar-refractivity contribution in [1.82, 2.24) is 4.90 Å². The number of Topliss-reactive ketones (excluding diaryl/α,β-unsaturated/α-hetero) is 1. The topological polar surface area (TPSA) is 29.5 Å². The van der Waals surface area contributed by atoms with Gasteiger partial charge in [-0.3, -0.25) is 4.79 Å². The van der Waals surface area contributed by atoms with Crippen molar-refractivity contribution in [2.75, 3.05) is 27.2 Å². The number of carbonyl (C=O) groups excluding carboxylic acids is 1. The Morgan fingerprint density at radius 3 is 3.05 bits per heavy atom. The summed E-state index contributed by atoms with van der Waals surface area (Å²) in [5.41, 5.74) is 1.33. The van der Waals surface area contributed by atoms with Crippen molar-refractivity contribution in [3.8, 4) is 5.75 Å². The SMILES string of the molecule is COc1cccc([C@]23CCN(C)C[C@H]2CCC(=O)C3)c1. The fraction of sp³-hybridized carbons (Fsp3) is 0.588. The Morgan fingerprint density at radius 2 is 2.25 bits per heavy atom. The van der Waals surface area contributed by atoms with Gasteiger partial charge in [-0.1, -0.05) is 12.1 Å². The van der Waals surface area contributed by atoms with E-state index in [-0.39, 0.29) is 5.41 Å². The molecule has 0 radical (unpaired) electrons. The smallest absolute Gasteiger partial charge is 0.133 e. The number of hydrogen-bond donors (Lipinski definition) is 0. The Morgan fingerprint density at radius 1 is 1.40 bits per heavy atom. The summed E-state index contributed by atoms with van der Waals surface area (Å²) in [5, 5.41) is 0. The van der Waals surface area contributed by atoms with Crippen molar-refractivity contribution in [3.05, 3.63) is 29.8 Å². The third-order valence-electron chi connectivity index (χ3n) is 5.18. The van der Waals surface area contributed by atoms with E-state index in [9.17, 15) is 4.79 Å². The Hall–Kier alpha value is -1.35. The van der Waals surface area contributed by atoms with Crippen LogP contribution in [0.3, 0.4) is 0 Å². The summed E-state index contributed by atoms with van der Waals surface area (Å²) in [7, 11) is 3.89. The Bertz CT molecular complexity index is 513. The fourth-order valence-electron chi connectivity index (χ4n) is 4.03. The summed E-state index contributed by atoms with van der Waals surface area (Å²) in [6.07, 6.45) is 3.57. The van der Waals surface area contributed by atoms with E-state index in [1.165, 1.54) is 5.56 Å². The average Bonchev–Trinajstić information content (AvgIpc) is 2.47. The molecule has 2 fully saturated rings. The molecule has 1 saturated carbocycles. The van der Waals surface area contributed by atoms with Crippen LogP contribution < -0.4 is 4.74 Å². The molecular formula is C17H23NO2. The number of methoxy groups -OCH3 is 1. The zero-order chi connectivity index (χ0) is 14.2. The first-order chi connectivity index (χ1) is 9.64. The second-order valence-corrected chi connectivity index (χ2v) is 6.35. The van der Waals surface area contributed by atoms with Crippen molar-refractivity contribution in [2.24, 2.45) is 5.92 Å². The maximum atomic E-state index is 12.1. The van der Waals surface area contributed by atoms with E-state index < -0.39 is 0 Å². The van der Waals surface area contributed by atoms with Gasteiger partial charge in [-0.25, -0.2) is 0 Å². The second kappa shape index (κ2) is 5.21. The summed E-state index contributed by atoms with van der Waals surface area (Å²) in [6.45, 7) is 2.17. The van der Waals surface area contributed by atoms with E-state index in [1.54, 1.807) is 7.11 Å². The molecule has 1 aromatic carbocycles. The predicted octanol–water partition coefficient (Wildman–Crippen LogP) is 2.64. The molecule has 0 bridgehead atoms. The van der Waals surface area contributed by atoms with Crippen molar-refractivity contribution < 1.29 is 9.53 Å². The highest BCUT2D eigenvalue weighted by molar-refractivity contribution is 5.81. The number of carbonyl (C=O) groups is 1. The average molecular weight is 273 g/mol. The van der Waals surface area contributed by atoms with E-state index in [2.05, 4.69) is 30.1 Å². The molecule has 0 unspecified atom stereocenters. The number of ketones is 1. The van der Waals surface area contributed by atoms with Crippen molar-refractivity contribution in [1.29, 1.82) is 0 Å². The Balaban J connectivity index is 2.01. The molecule has 0 spiro atoms. The molecule has 0 N–H and O–H groups in total. The van der Waals surface area contributed by atoms with Crippen LogP contribution in [0.25, 0.3) is 0 Å². The van der Waals surface area contributed by atoms with E-state index >= 15 is 0 Å². The number of nitrogens with zero attached hydrogens (tertiary/aromatic N) is 1. The minimum Gasteiger partial charge on any atom is -0.497 e. The standard InChI is InChI=1S/C17H23NO2/c1-18-9-8-17(11-15(19)7-6-14(17)12-18)13-4-3-5-16(10-13)20-2/h3-5,10,14H,6-9,11-12H2,1-2H3/t14-,17-/m1/s1. The molecule has 0 aromatic heterocycles. The minimum atomic E-state index is 0.0381. The maximum absolute atomic E-state index is 12.1. The minimum absolute atomic E-state index is 0.0381. The first kappa shape index (κ1) is 13.6. The van der Waals surface area contributed by atoms with Crippen LogP contribution in [0.4, 0.5) is 0 Å². The van der Waals surface area contributed by atoms with Crippen LogP contribution in [0.15, 0.2) is 24.3 Å². The van der Waals surface area contributed by atoms with E-state index in [4.69, 9.17) is 4.74 Å². The number of piperidine rings is 1. The quantitative estimate of drug-likeness (QED) is 0.829. The molecule has 1 saturated heterocycles. The van der Waals surface area contributed by atoms with Gasteiger partial charge in [0.05, 0.1) is 7.11 Å². The molecule has 3 heteroatoms. The van der Waals surface area contributed by atoms with Crippen molar-refractivity contribution in [3.63, 3.8) is 0 Å². The van der Waals surface area contributed by atoms with Crippen LogP contribution in [0.2, 0.25) is 0 Å². The van der Waals surface area contributed by atoms with Crippen LogP contribution in [0, 0.1) is 5.92 Å². The molecule has 1 aliphatic carbocycles. The normalized spacial score (nSPS) is 30.9. The summed E-state index contributed by atoms with van der Waals surface area (Å²) in [6, 6.07) is 8.35. The highest BCUT2D eigenvalue weighted by atomic mass is 16.5. The third-order valence-corrected chi connectivity index (χ3v) is 5.18. The molecule has 108 valence electrons. The van der Waals surface area contributed by atoms with Crippen LogP contribution in [-0.4, -0.2) is 37.9 Å². The largest absolute Gasteiger partial charge is 0.497 e. The van der Waals surface area contributed by atoms with E-state index in [0.29, 0.717) is 18.1 Å². The lowest BCUT2D eigenvalue weighted by atomic mass is 9.59. The van der Waals surface area contributed by atoms with Gasteiger partial charge in [0.25, 0.3) is 0 Å². The van der Waals surface area contributed by atoms with Gasteiger partial charge in [0.2, 0.25) is 0 Å². The monoisotopic (exact) mass is 273 g/mol. The molecule has 2 atom stereocenters. The first-order valence-electron chi connectivity index (χ1n) is 7.49. The number of fused-ring (bicyclic) bond motifs is 1. The van der Waals surface area contributed by atoms with E-state index in [0.717, 1.165) is 38.1 Å². The highest BCUT2D eigenvalue weighted by Gasteiger charge is 2.47. The van der Waals surface area contributed by atoms with Gasteiger partial charge >= 0.3 is 0 Å². The van der Waals surface area contributed by atoms with Gasteiger partial charge in [0, 0.05) is 24.8 Å². The second-order valence-electron chi connectivity index (χ2n) is 6.35. The molecule has 1 aliphatic heterocycles. The maximum Gasteiger partial charge on any atom is 0.133 e. The molecular weight excluding hydrogens is 250 g/mol. The number of benzene rings is 1. The van der Waals surface area contributed by atoms with Gasteiger partial charge in [-0.15, -0.1) is 0 Å². The number of hydrogen-bond acceptors (Lipinski definition) is 3. The van der Waals surface area contributed by atoms with Crippen LogP contribution >= 0.6 is 0 Å². The molecule has 20 heavy (non-hydrogen) atoms. The van der Waals surface area contributed by atoms with Gasteiger partial charge in [0.1, 0.15) is 11.5 Å². The zero-order valence-electron chi connectivity index (χ0n) is 12.4. The molecule has 2 aliphatic rings. The number of rotatable bonds is 2. The van der Waals surface area contributed by atoms with Gasteiger partial charge in [-0.05, 0) is 50.0 Å².